The third kappa shape index (κ3) is 3.01. The molecule has 2 rings (SSSR count). The molecule has 18 heavy (non-hydrogen) atoms. The van der Waals surface area contributed by atoms with E-state index in [0.29, 0.717) is 22.8 Å². The lowest BCUT2D eigenvalue weighted by Gasteiger charge is -2.05. The zero-order valence-corrected chi connectivity index (χ0v) is 10.6. The summed E-state index contributed by atoms with van der Waals surface area (Å²) in [5.41, 5.74) is 7.48. The van der Waals surface area contributed by atoms with Crippen molar-refractivity contribution in [1.29, 1.82) is 0 Å². The van der Waals surface area contributed by atoms with Crippen LogP contribution in [0.1, 0.15) is 15.9 Å². The summed E-state index contributed by atoms with van der Waals surface area (Å²) >= 11 is 5.84. The number of aromatic nitrogens is 2. The molecule has 2 aromatic rings. The third-order valence-corrected chi connectivity index (χ3v) is 2.61. The molecule has 0 aliphatic heterocycles. The van der Waals surface area contributed by atoms with E-state index in [1.807, 2.05) is 13.2 Å². The van der Waals surface area contributed by atoms with Crippen molar-refractivity contribution in [2.45, 2.75) is 6.54 Å². The maximum absolute atomic E-state index is 11.9. The number of halogens is 1. The second kappa shape index (κ2) is 5.10. The topological polar surface area (TPSA) is 72.9 Å². The van der Waals surface area contributed by atoms with Gasteiger partial charge in [-0.3, -0.25) is 9.48 Å². The second-order valence-corrected chi connectivity index (χ2v) is 4.41. The summed E-state index contributed by atoms with van der Waals surface area (Å²) in [4.78, 5) is 11.9. The predicted molar refractivity (Wildman–Crippen MR) is 70.2 cm³/mol. The van der Waals surface area contributed by atoms with E-state index in [9.17, 15) is 4.79 Å². The smallest absolute Gasteiger partial charge is 0.251 e. The summed E-state index contributed by atoms with van der Waals surface area (Å²) < 4.78 is 1.68. The van der Waals surface area contributed by atoms with E-state index in [1.54, 1.807) is 29.1 Å². The Labute approximate surface area is 110 Å². The number of hydrogen-bond donors (Lipinski definition) is 2. The summed E-state index contributed by atoms with van der Waals surface area (Å²) in [6.07, 6.45) is 3.54. The van der Waals surface area contributed by atoms with Gasteiger partial charge < -0.3 is 11.1 Å². The minimum Gasteiger partial charge on any atom is -0.399 e. The molecule has 0 aliphatic carbocycles. The van der Waals surface area contributed by atoms with Gasteiger partial charge in [-0.1, -0.05) is 11.6 Å². The normalized spacial score (nSPS) is 10.3. The molecule has 94 valence electrons. The van der Waals surface area contributed by atoms with Crippen molar-refractivity contribution in [2.75, 3.05) is 5.73 Å². The van der Waals surface area contributed by atoms with Gasteiger partial charge in [0.25, 0.3) is 5.91 Å². The van der Waals surface area contributed by atoms with Crippen LogP contribution in [-0.4, -0.2) is 15.7 Å². The van der Waals surface area contributed by atoms with Crippen molar-refractivity contribution in [2.24, 2.45) is 7.05 Å². The zero-order valence-electron chi connectivity index (χ0n) is 9.85. The van der Waals surface area contributed by atoms with E-state index in [-0.39, 0.29) is 5.91 Å². The Morgan fingerprint density at radius 3 is 2.89 bits per heavy atom. The van der Waals surface area contributed by atoms with E-state index in [2.05, 4.69) is 10.4 Å². The molecule has 1 aromatic carbocycles. The Bertz CT molecular complexity index is 559. The number of carbonyl (C=O) groups is 1. The first-order valence-electron chi connectivity index (χ1n) is 5.36. The quantitative estimate of drug-likeness (QED) is 0.827. The monoisotopic (exact) mass is 264 g/mol. The molecule has 0 saturated carbocycles. The van der Waals surface area contributed by atoms with Crippen LogP contribution in [0.5, 0.6) is 0 Å². The minimum atomic E-state index is -0.215. The van der Waals surface area contributed by atoms with Gasteiger partial charge in [0.1, 0.15) is 0 Å². The third-order valence-electron chi connectivity index (χ3n) is 2.39. The molecule has 0 saturated heterocycles. The number of anilines is 1. The van der Waals surface area contributed by atoms with E-state index in [0.717, 1.165) is 5.56 Å². The van der Waals surface area contributed by atoms with Crippen molar-refractivity contribution in [1.82, 2.24) is 15.1 Å². The Hall–Kier alpha value is -2.01. The van der Waals surface area contributed by atoms with Gasteiger partial charge in [-0.2, -0.15) is 5.10 Å². The number of nitrogens with two attached hydrogens (primary N) is 1. The Kier molecular flexibility index (Phi) is 3.53. The summed E-state index contributed by atoms with van der Waals surface area (Å²) in [6.45, 7) is 0.416. The number of hydrogen-bond acceptors (Lipinski definition) is 3. The van der Waals surface area contributed by atoms with Gasteiger partial charge in [-0.25, -0.2) is 0 Å². The van der Waals surface area contributed by atoms with E-state index in [1.165, 1.54) is 0 Å². The number of benzene rings is 1. The first-order valence-corrected chi connectivity index (χ1v) is 5.74. The van der Waals surface area contributed by atoms with Crippen LogP contribution in [0.25, 0.3) is 0 Å². The molecule has 1 aromatic heterocycles. The number of carbonyl (C=O) groups excluding carboxylic acids is 1. The molecular formula is C12H13ClN4O. The zero-order chi connectivity index (χ0) is 13.1. The Balaban J connectivity index is 2.03. The molecule has 0 aliphatic rings. The van der Waals surface area contributed by atoms with Gasteiger partial charge in [0.2, 0.25) is 0 Å². The summed E-state index contributed by atoms with van der Waals surface area (Å²) in [5.74, 6) is -0.215. The van der Waals surface area contributed by atoms with Crippen molar-refractivity contribution < 1.29 is 4.79 Å². The molecule has 0 spiro atoms. The van der Waals surface area contributed by atoms with Gasteiger partial charge >= 0.3 is 0 Å². The predicted octanol–water partition coefficient (Wildman–Crippen LogP) is 1.59. The number of amides is 1. The Morgan fingerprint density at radius 2 is 2.28 bits per heavy atom. The van der Waals surface area contributed by atoms with Crippen LogP contribution in [0, 0.1) is 0 Å². The molecule has 5 nitrogen and oxygen atoms in total. The van der Waals surface area contributed by atoms with Crippen molar-refractivity contribution in [3.63, 3.8) is 0 Å². The summed E-state index contributed by atoms with van der Waals surface area (Å²) in [5, 5.41) is 7.24. The Morgan fingerprint density at radius 1 is 1.50 bits per heavy atom. The molecule has 0 radical (unpaired) electrons. The highest BCUT2D eigenvalue weighted by Gasteiger charge is 2.07. The number of nitrogens with zero attached hydrogens (tertiary/aromatic N) is 2. The van der Waals surface area contributed by atoms with Crippen LogP contribution in [0.4, 0.5) is 5.69 Å². The minimum absolute atomic E-state index is 0.215. The molecule has 6 heteroatoms. The van der Waals surface area contributed by atoms with E-state index < -0.39 is 0 Å². The lowest BCUT2D eigenvalue weighted by Crippen LogP contribution is -2.22. The van der Waals surface area contributed by atoms with Crippen LogP contribution in [-0.2, 0) is 13.6 Å². The largest absolute Gasteiger partial charge is 0.399 e. The standard InChI is InChI=1S/C12H13ClN4O/c1-17-7-8(6-16-17)5-15-12(18)9-2-10(13)4-11(14)3-9/h2-4,6-7H,5,14H2,1H3,(H,15,18). The average Bonchev–Trinajstić information content (AvgIpc) is 2.70. The van der Waals surface area contributed by atoms with Crippen molar-refractivity contribution >= 4 is 23.2 Å². The highest BCUT2D eigenvalue weighted by atomic mass is 35.5. The first kappa shape index (κ1) is 12.4. The maximum Gasteiger partial charge on any atom is 0.251 e. The number of nitrogens with one attached hydrogen (secondary N) is 1. The molecule has 1 amide bonds. The van der Waals surface area contributed by atoms with Crippen LogP contribution in [0.2, 0.25) is 5.02 Å². The number of rotatable bonds is 3. The van der Waals surface area contributed by atoms with Crippen molar-refractivity contribution in [3.05, 3.63) is 46.7 Å². The number of aryl methyl sites for hydroxylation is 1. The highest BCUT2D eigenvalue weighted by molar-refractivity contribution is 6.31. The van der Waals surface area contributed by atoms with Gasteiger partial charge in [0.15, 0.2) is 0 Å². The number of nitrogen functional groups attached to an aromatic ring is 1. The molecule has 0 atom stereocenters. The summed E-state index contributed by atoms with van der Waals surface area (Å²) in [6, 6.07) is 4.76. The van der Waals surface area contributed by atoms with E-state index >= 15 is 0 Å². The molecule has 0 unspecified atom stereocenters. The molecule has 3 N–H and O–H groups in total. The van der Waals surface area contributed by atoms with Crippen LogP contribution in [0.3, 0.4) is 0 Å². The van der Waals surface area contributed by atoms with Gasteiger partial charge in [-0.05, 0) is 18.2 Å². The lowest BCUT2D eigenvalue weighted by molar-refractivity contribution is 0.0951. The maximum atomic E-state index is 11.9. The van der Waals surface area contributed by atoms with Crippen LogP contribution >= 0.6 is 11.6 Å². The molecule has 0 fully saturated rings. The van der Waals surface area contributed by atoms with Crippen LogP contribution < -0.4 is 11.1 Å². The first-order chi connectivity index (χ1) is 8.54. The fourth-order valence-corrected chi connectivity index (χ4v) is 1.83. The highest BCUT2D eigenvalue weighted by Crippen LogP contribution is 2.16. The SMILES string of the molecule is Cn1cc(CNC(=O)c2cc(N)cc(Cl)c2)cn1. The van der Waals surface area contributed by atoms with Gasteiger partial charge in [-0.15, -0.1) is 0 Å². The van der Waals surface area contributed by atoms with E-state index in [4.69, 9.17) is 17.3 Å². The molecule has 0 bridgehead atoms. The second-order valence-electron chi connectivity index (χ2n) is 3.98. The fourth-order valence-electron chi connectivity index (χ4n) is 1.59. The molecular weight excluding hydrogens is 252 g/mol. The average molecular weight is 265 g/mol. The lowest BCUT2D eigenvalue weighted by atomic mass is 10.2. The van der Waals surface area contributed by atoms with Crippen LogP contribution in [0.15, 0.2) is 30.6 Å². The summed E-state index contributed by atoms with van der Waals surface area (Å²) in [7, 11) is 1.82. The fraction of sp³-hybridized carbons (Fsp3) is 0.167. The molecule has 1 heterocycles. The van der Waals surface area contributed by atoms with Gasteiger partial charge in [0.05, 0.1) is 6.20 Å². The van der Waals surface area contributed by atoms with Crippen molar-refractivity contribution in [3.8, 4) is 0 Å². The van der Waals surface area contributed by atoms with Gasteiger partial charge in [0, 0.05) is 41.6 Å².